The van der Waals surface area contributed by atoms with Gasteiger partial charge in [-0.3, -0.25) is 4.79 Å². The predicted molar refractivity (Wildman–Crippen MR) is 114 cm³/mol. The van der Waals surface area contributed by atoms with Crippen LogP contribution < -0.4 is 19.9 Å². The first-order valence-electron chi connectivity index (χ1n) is 8.86. The first-order valence-corrected chi connectivity index (χ1v) is 9.68. The zero-order chi connectivity index (χ0) is 21.3. The van der Waals surface area contributed by atoms with Crippen molar-refractivity contribution in [3.63, 3.8) is 0 Å². The Morgan fingerprint density at radius 3 is 2.67 bits per heavy atom. The van der Waals surface area contributed by atoms with E-state index < -0.39 is 11.5 Å². The molecule has 150 valence electrons. The number of carbonyl (C=O) groups is 1. The monoisotopic (exact) mass is 420 g/mol. The van der Waals surface area contributed by atoms with E-state index in [1.54, 1.807) is 48.1 Å². The van der Waals surface area contributed by atoms with Crippen LogP contribution in [0.1, 0.15) is 10.4 Å². The molecule has 8 heteroatoms. The second kappa shape index (κ2) is 7.89. The predicted octanol–water partition coefficient (Wildman–Crippen LogP) is 3.20. The van der Waals surface area contributed by atoms with Crippen molar-refractivity contribution < 1.29 is 18.7 Å². The Labute approximate surface area is 174 Å². The molecule has 4 aromatic rings. The molecule has 0 atom stereocenters. The highest BCUT2D eigenvalue weighted by Crippen LogP contribution is 2.33. The number of benzene rings is 2. The number of amides is 1. The molecule has 2 heterocycles. The van der Waals surface area contributed by atoms with Gasteiger partial charge in [-0.25, -0.2) is 4.79 Å². The topological polar surface area (TPSA) is 83.0 Å². The van der Waals surface area contributed by atoms with E-state index in [2.05, 4.69) is 10.9 Å². The van der Waals surface area contributed by atoms with Gasteiger partial charge in [-0.1, -0.05) is 35.5 Å². The van der Waals surface area contributed by atoms with Crippen molar-refractivity contribution in [3.05, 3.63) is 63.2 Å². The summed E-state index contributed by atoms with van der Waals surface area (Å²) in [4.78, 5) is 29.6. The second-order valence-corrected chi connectivity index (χ2v) is 7.26. The van der Waals surface area contributed by atoms with Gasteiger partial charge in [0.2, 0.25) is 0 Å². The van der Waals surface area contributed by atoms with Gasteiger partial charge in [0.05, 0.1) is 31.0 Å². The molecule has 2 aromatic carbocycles. The Balaban J connectivity index is 1.91. The lowest BCUT2D eigenvalue weighted by Gasteiger charge is -2.08. The summed E-state index contributed by atoms with van der Waals surface area (Å²) >= 11 is 1.26. The van der Waals surface area contributed by atoms with Crippen molar-refractivity contribution >= 4 is 38.4 Å². The third kappa shape index (κ3) is 3.36. The molecule has 2 aromatic heterocycles. The number of thiazole rings is 1. The molecule has 0 saturated carbocycles. The molecule has 0 bridgehead atoms. The first kappa shape index (κ1) is 19.5. The highest BCUT2D eigenvalue weighted by Gasteiger charge is 2.16. The number of ether oxygens (including phenoxy) is 2. The van der Waals surface area contributed by atoms with Crippen molar-refractivity contribution in [2.75, 3.05) is 14.2 Å². The van der Waals surface area contributed by atoms with Crippen LogP contribution in [0.25, 0.3) is 21.2 Å². The normalized spacial score (nSPS) is 11.6. The fraction of sp³-hybridized carbons (Fsp3) is 0.136. The summed E-state index contributed by atoms with van der Waals surface area (Å²) in [5.41, 5.74) is 0.263. The van der Waals surface area contributed by atoms with Crippen LogP contribution in [-0.4, -0.2) is 24.7 Å². The van der Waals surface area contributed by atoms with Crippen molar-refractivity contribution in [2.45, 2.75) is 6.54 Å². The lowest BCUT2D eigenvalue weighted by Crippen LogP contribution is -2.19. The molecule has 1 amide bonds. The number of rotatable bonds is 4. The van der Waals surface area contributed by atoms with Gasteiger partial charge in [-0.05, 0) is 12.1 Å². The summed E-state index contributed by atoms with van der Waals surface area (Å²) in [5, 5.41) is 0.637. The van der Waals surface area contributed by atoms with Crippen LogP contribution in [0.3, 0.4) is 0 Å². The average Bonchev–Trinajstić information content (AvgIpc) is 3.08. The smallest absolute Gasteiger partial charge is 0.349 e. The molecule has 0 aliphatic carbocycles. The number of methoxy groups -OCH3 is 2. The molecular weight excluding hydrogens is 404 g/mol. The molecule has 0 radical (unpaired) electrons. The van der Waals surface area contributed by atoms with E-state index in [0.717, 1.165) is 10.2 Å². The minimum absolute atomic E-state index is 0.145. The van der Waals surface area contributed by atoms with E-state index in [-0.39, 0.29) is 12.1 Å². The third-order valence-corrected chi connectivity index (χ3v) is 5.55. The summed E-state index contributed by atoms with van der Waals surface area (Å²) in [6.07, 6.45) is 5.52. The third-order valence-electron chi connectivity index (χ3n) is 4.51. The largest absolute Gasteiger partial charge is 0.493 e. The van der Waals surface area contributed by atoms with Crippen LogP contribution >= 0.6 is 11.3 Å². The highest BCUT2D eigenvalue weighted by atomic mass is 32.1. The van der Waals surface area contributed by atoms with Crippen molar-refractivity contribution in [2.24, 2.45) is 4.99 Å². The number of carbonyl (C=O) groups excluding carboxylic acids is 1. The number of hydrogen-bond acceptors (Lipinski definition) is 6. The Morgan fingerprint density at radius 1 is 1.20 bits per heavy atom. The molecule has 0 aliphatic rings. The molecule has 4 rings (SSSR count). The Morgan fingerprint density at radius 2 is 1.93 bits per heavy atom. The van der Waals surface area contributed by atoms with E-state index in [1.807, 2.05) is 0 Å². The second-order valence-electron chi connectivity index (χ2n) is 6.25. The van der Waals surface area contributed by atoms with Gasteiger partial charge in [0.15, 0.2) is 16.3 Å². The first-order chi connectivity index (χ1) is 14.5. The zero-order valence-electron chi connectivity index (χ0n) is 16.2. The molecule has 0 unspecified atom stereocenters. The molecule has 7 nitrogen and oxygen atoms in total. The van der Waals surface area contributed by atoms with E-state index in [9.17, 15) is 9.59 Å². The number of fused-ring (bicyclic) bond motifs is 2. The van der Waals surface area contributed by atoms with Crippen LogP contribution in [0, 0.1) is 12.3 Å². The summed E-state index contributed by atoms with van der Waals surface area (Å²) in [5.74, 6) is 2.94. The quantitative estimate of drug-likeness (QED) is 0.374. The van der Waals surface area contributed by atoms with Crippen LogP contribution in [0.15, 0.2) is 56.7 Å². The van der Waals surface area contributed by atoms with E-state index >= 15 is 0 Å². The SMILES string of the molecule is C#CCn1c(=NC(=O)c2cc3ccccc3oc2=O)sc2cc(OC)c(OC)cc21. The minimum Gasteiger partial charge on any atom is -0.493 e. The van der Waals surface area contributed by atoms with Gasteiger partial charge in [0.25, 0.3) is 5.91 Å². The minimum atomic E-state index is -0.740. The van der Waals surface area contributed by atoms with Gasteiger partial charge in [-0.2, -0.15) is 4.99 Å². The molecule has 0 fully saturated rings. The van der Waals surface area contributed by atoms with Crippen molar-refractivity contribution in [3.8, 4) is 23.8 Å². The van der Waals surface area contributed by atoms with E-state index in [0.29, 0.717) is 27.3 Å². The fourth-order valence-corrected chi connectivity index (χ4v) is 4.12. The molecule has 0 spiro atoms. The van der Waals surface area contributed by atoms with Crippen molar-refractivity contribution in [1.29, 1.82) is 0 Å². The molecule has 0 N–H and O–H groups in total. The van der Waals surface area contributed by atoms with Crippen LogP contribution in [-0.2, 0) is 6.54 Å². The number of para-hydroxylation sites is 1. The molecule has 30 heavy (non-hydrogen) atoms. The number of nitrogens with zero attached hydrogens (tertiary/aromatic N) is 2. The van der Waals surface area contributed by atoms with E-state index in [1.165, 1.54) is 24.5 Å². The van der Waals surface area contributed by atoms with Crippen molar-refractivity contribution in [1.82, 2.24) is 4.57 Å². The van der Waals surface area contributed by atoms with Gasteiger partial charge in [-0.15, -0.1) is 6.42 Å². The van der Waals surface area contributed by atoms with Gasteiger partial charge in [0.1, 0.15) is 11.1 Å². The average molecular weight is 420 g/mol. The lowest BCUT2D eigenvalue weighted by atomic mass is 10.2. The highest BCUT2D eigenvalue weighted by molar-refractivity contribution is 7.16. The van der Waals surface area contributed by atoms with E-state index in [4.69, 9.17) is 20.3 Å². The Bertz CT molecular complexity index is 1450. The van der Waals surface area contributed by atoms with Gasteiger partial charge < -0.3 is 18.5 Å². The Hall–Kier alpha value is -3.83. The van der Waals surface area contributed by atoms with Crippen LogP contribution in [0.5, 0.6) is 11.5 Å². The fourth-order valence-electron chi connectivity index (χ4n) is 3.08. The number of terminal acetylenes is 1. The Kier molecular flexibility index (Phi) is 5.12. The van der Waals surface area contributed by atoms with Gasteiger partial charge in [0, 0.05) is 17.5 Å². The zero-order valence-corrected chi connectivity index (χ0v) is 17.0. The van der Waals surface area contributed by atoms with Crippen LogP contribution in [0.2, 0.25) is 0 Å². The lowest BCUT2D eigenvalue weighted by molar-refractivity contribution is 0.0994. The van der Waals surface area contributed by atoms with Gasteiger partial charge >= 0.3 is 5.63 Å². The summed E-state index contributed by atoms with van der Waals surface area (Å²) in [7, 11) is 3.08. The maximum Gasteiger partial charge on any atom is 0.349 e. The summed E-state index contributed by atoms with van der Waals surface area (Å²) in [6.45, 7) is 0.188. The molecule has 0 aliphatic heterocycles. The number of hydrogen-bond donors (Lipinski definition) is 0. The standard InChI is InChI=1S/C22H16N2O5S/c1-4-9-24-15-11-17(27-2)18(28-3)12-19(15)30-22(24)23-20(25)14-10-13-7-5-6-8-16(13)29-21(14)26/h1,5-8,10-12H,9H2,2-3H3. The number of aromatic nitrogens is 1. The maximum atomic E-state index is 12.8. The molecular formula is C22H16N2O5S. The van der Waals surface area contributed by atoms with Crippen LogP contribution in [0.4, 0.5) is 0 Å². The summed E-state index contributed by atoms with van der Waals surface area (Å²) in [6, 6.07) is 12.0. The maximum absolute atomic E-state index is 12.8. The summed E-state index contributed by atoms with van der Waals surface area (Å²) < 4.78 is 18.5. The molecule has 0 saturated heterocycles.